The standard InChI is InChI=1S/C16H18Cl2FNO3/c17-16(18)6-8-22-15-9-11(4-5-13(15)19)14-10-12(23-20-14)3-1-2-7-21/h4-6,9,12,21H,1-3,7-8,10H2. The van der Waals surface area contributed by atoms with Crippen molar-refractivity contribution in [2.75, 3.05) is 13.2 Å². The van der Waals surface area contributed by atoms with Gasteiger partial charge in [0.15, 0.2) is 11.6 Å². The van der Waals surface area contributed by atoms with Gasteiger partial charge >= 0.3 is 0 Å². The van der Waals surface area contributed by atoms with Crippen molar-refractivity contribution in [1.29, 1.82) is 0 Å². The van der Waals surface area contributed by atoms with E-state index in [9.17, 15) is 4.39 Å². The zero-order valence-corrected chi connectivity index (χ0v) is 14.0. The summed E-state index contributed by atoms with van der Waals surface area (Å²) in [5.74, 6) is -0.355. The number of ether oxygens (including phenoxy) is 1. The SMILES string of the molecule is OCCCCC1CC(c2ccc(F)c(OCC=C(Cl)Cl)c2)=NO1. The summed E-state index contributed by atoms with van der Waals surface area (Å²) in [7, 11) is 0. The Bertz CT molecular complexity index is 589. The quantitative estimate of drug-likeness (QED) is 0.706. The normalized spacial score (nSPS) is 16.7. The first kappa shape index (κ1) is 18.0. The highest BCUT2D eigenvalue weighted by atomic mass is 35.5. The molecule has 2 rings (SSSR count). The van der Waals surface area contributed by atoms with E-state index in [-0.39, 0.29) is 29.6 Å². The Labute approximate surface area is 144 Å². The van der Waals surface area contributed by atoms with Crippen LogP contribution in [0.2, 0.25) is 0 Å². The number of nitrogens with zero attached hydrogens (tertiary/aromatic N) is 1. The van der Waals surface area contributed by atoms with Crippen LogP contribution in [-0.4, -0.2) is 30.1 Å². The van der Waals surface area contributed by atoms with Crippen LogP contribution in [0.25, 0.3) is 0 Å². The van der Waals surface area contributed by atoms with Gasteiger partial charge in [-0.25, -0.2) is 4.39 Å². The Hall–Kier alpha value is -1.30. The Morgan fingerprint density at radius 3 is 3.00 bits per heavy atom. The lowest BCUT2D eigenvalue weighted by Crippen LogP contribution is -2.09. The number of benzene rings is 1. The number of aliphatic hydroxyl groups excluding tert-OH is 1. The van der Waals surface area contributed by atoms with Crippen LogP contribution in [0.3, 0.4) is 0 Å². The summed E-state index contributed by atoms with van der Waals surface area (Å²) in [5, 5.41) is 12.9. The summed E-state index contributed by atoms with van der Waals surface area (Å²) in [6, 6.07) is 4.56. The van der Waals surface area contributed by atoms with Crippen LogP contribution in [0.1, 0.15) is 31.2 Å². The van der Waals surface area contributed by atoms with Gasteiger partial charge in [-0.2, -0.15) is 0 Å². The fourth-order valence-corrected chi connectivity index (χ4v) is 2.35. The molecule has 0 bridgehead atoms. The highest BCUT2D eigenvalue weighted by molar-refractivity contribution is 6.55. The molecular formula is C16H18Cl2FNO3. The predicted molar refractivity (Wildman–Crippen MR) is 88.6 cm³/mol. The molecule has 0 saturated heterocycles. The molecule has 7 heteroatoms. The van der Waals surface area contributed by atoms with Crippen LogP contribution in [0.4, 0.5) is 4.39 Å². The summed E-state index contributed by atoms with van der Waals surface area (Å²) in [6.07, 6.45) is 4.56. The lowest BCUT2D eigenvalue weighted by molar-refractivity contribution is 0.0760. The van der Waals surface area contributed by atoms with E-state index in [1.807, 2.05) is 0 Å². The van der Waals surface area contributed by atoms with Gasteiger partial charge in [0.2, 0.25) is 0 Å². The largest absolute Gasteiger partial charge is 0.486 e. The van der Waals surface area contributed by atoms with E-state index in [4.69, 9.17) is 37.9 Å². The monoisotopic (exact) mass is 361 g/mol. The van der Waals surface area contributed by atoms with Crippen molar-refractivity contribution in [3.63, 3.8) is 0 Å². The van der Waals surface area contributed by atoms with Gasteiger partial charge in [-0.1, -0.05) is 28.4 Å². The fraction of sp³-hybridized carbons (Fsp3) is 0.438. The maximum Gasteiger partial charge on any atom is 0.165 e. The molecule has 1 aliphatic heterocycles. The number of halogens is 3. The lowest BCUT2D eigenvalue weighted by Gasteiger charge is -2.08. The average molecular weight is 362 g/mol. The number of aliphatic hydroxyl groups is 1. The zero-order chi connectivity index (χ0) is 16.7. The minimum absolute atomic E-state index is 0.00367. The molecule has 1 heterocycles. The molecule has 0 radical (unpaired) electrons. The van der Waals surface area contributed by atoms with Crippen molar-refractivity contribution in [1.82, 2.24) is 0 Å². The third-order valence-corrected chi connectivity index (χ3v) is 3.72. The Kier molecular flexibility index (Phi) is 7.15. The smallest absolute Gasteiger partial charge is 0.165 e. The van der Waals surface area contributed by atoms with Crippen LogP contribution in [0, 0.1) is 5.82 Å². The molecule has 1 aliphatic rings. The van der Waals surface area contributed by atoms with E-state index in [1.165, 1.54) is 12.1 Å². The second kappa shape index (κ2) is 9.11. The third-order valence-electron chi connectivity index (χ3n) is 3.41. The predicted octanol–water partition coefficient (Wildman–Crippen LogP) is 4.18. The van der Waals surface area contributed by atoms with Gasteiger partial charge in [0.1, 0.15) is 17.2 Å². The van der Waals surface area contributed by atoms with Gasteiger partial charge in [-0.15, -0.1) is 0 Å². The number of unbranched alkanes of at least 4 members (excludes halogenated alkanes) is 1. The Balaban J connectivity index is 1.97. The first-order valence-corrected chi connectivity index (χ1v) is 8.13. The van der Waals surface area contributed by atoms with Crippen LogP contribution in [-0.2, 0) is 4.84 Å². The summed E-state index contributed by atoms with van der Waals surface area (Å²) in [5.41, 5.74) is 1.52. The highest BCUT2D eigenvalue weighted by Crippen LogP contribution is 2.25. The van der Waals surface area contributed by atoms with Crippen molar-refractivity contribution in [3.8, 4) is 5.75 Å². The molecule has 1 aromatic rings. The third kappa shape index (κ3) is 5.68. The molecule has 0 aromatic heterocycles. The molecule has 126 valence electrons. The number of rotatable bonds is 8. The molecule has 0 saturated carbocycles. The fourth-order valence-electron chi connectivity index (χ4n) is 2.23. The minimum Gasteiger partial charge on any atom is -0.486 e. The van der Waals surface area contributed by atoms with Crippen LogP contribution >= 0.6 is 23.2 Å². The molecule has 0 fully saturated rings. The van der Waals surface area contributed by atoms with Crippen molar-refractivity contribution in [2.45, 2.75) is 31.8 Å². The Morgan fingerprint density at radius 2 is 2.26 bits per heavy atom. The average Bonchev–Trinajstić information content (AvgIpc) is 2.98. The van der Waals surface area contributed by atoms with E-state index >= 15 is 0 Å². The summed E-state index contributed by atoms with van der Waals surface area (Å²) < 4.78 is 19.1. The number of hydrogen-bond donors (Lipinski definition) is 1. The Morgan fingerprint density at radius 1 is 1.43 bits per heavy atom. The van der Waals surface area contributed by atoms with Gasteiger partial charge in [0, 0.05) is 18.6 Å². The summed E-state index contributed by atoms with van der Waals surface area (Å²) >= 11 is 11.0. The molecule has 1 N–H and O–H groups in total. The highest BCUT2D eigenvalue weighted by Gasteiger charge is 2.22. The van der Waals surface area contributed by atoms with Gasteiger partial charge in [0.05, 0.1) is 5.71 Å². The van der Waals surface area contributed by atoms with Crippen molar-refractivity contribution < 1.29 is 19.1 Å². The number of hydrogen-bond acceptors (Lipinski definition) is 4. The van der Waals surface area contributed by atoms with Crippen LogP contribution in [0.15, 0.2) is 33.9 Å². The maximum absolute atomic E-state index is 13.8. The number of oxime groups is 1. The van der Waals surface area contributed by atoms with E-state index < -0.39 is 5.82 Å². The molecule has 0 spiro atoms. The van der Waals surface area contributed by atoms with E-state index in [0.29, 0.717) is 6.42 Å². The van der Waals surface area contributed by atoms with Crippen molar-refractivity contribution in [2.24, 2.45) is 5.16 Å². The minimum atomic E-state index is -0.466. The maximum atomic E-state index is 13.8. The van der Waals surface area contributed by atoms with Gasteiger partial charge in [-0.05, 0) is 43.5 Å². The molecular weight excluding hydrogens is 344 g/mol. The molecule has 0 aliphatic carbocycles. The van der Waals surface area contributed by atoms with Crippen molar-refractivity contribution in [3.05, 3.63) is 40.1 Å². The first-order valence-electron chi connectivity index (χ1n) is 7.37. The molecule has 23 heavy (non-hydrogen) atoms. The van der Waals surface area contributed by atoms with Gasteiger partial charge in [-0.3, -0.25) is 0 Å². The lowest BCUT2D eigenvalue weighted by atomic mass is 10.0. The second-order valence-corrected chi connectivity index (χ2v) is 6.15. The van der Waals surface area contributed by atoms with E-state index in [1.54, 1.807) is 12.1 Å². The zero-order valence-electron chi connectivity index (χ0n) is 12.5. The second-order valence-electron chi connectivity index (χ2n) is 5.14. The van der Waals surface area contributed by atoms with Crippen molar-refractivity contribution >= 4 is 28.9 Å². The molecule has 1 unspecified atom stereocenters. The van der Waals surface area contributed by atoms with Gasteiger partial charge < -0.3 is 14.7 Å². The topological polar surface area (TPSA) is 51.0 Å². The van der Waals surface area contributed by atoms with Crippen LogP contribution < -0.4 is 4.74 Å². The van der Waals surface area contributed by atoms with Crippen LogP contribution in [0.5, 0.6) is 5.75 Å². The van der Waals surface area contributed by atoms with Gasteiger partial charge in [0.25, 0.3) is 0 Å². The molecule has 1 aromatic carbocycles. The molecule has 4 nitrogen and oxygen atoms in total. The van der Waals surface area contributed by atoms with E-state index in [2.05, 4.69) is 5.16 Å². The summed E-state index contributed by atoms with van der Waals surface area (Å²) in [6.45, 7) is 0.259. The first-order chi connectivity index (χ1) is 11.1. The molecule has 0 amide bonds. The molecule has 1 atom stereocenters. The summed E-state index contributed by atoms with van der Waals surface area (Å²) in [4.78, 5) is 5.38. The van der Waals surface area contributed by atoms with E-state index in [0.717, 1.165) is 30.5 Å².